The SMILES string of the molecule is O=Cc1cccn1Cc1c(Cl)cccc1Cl. The molecule has 0 unspecified atom stereocenters. The molecule has 0 saturated heterocycles. The van der Waals surface area contributed by atoms with Crippen LogP contribution in [0.1, 0.15) is 16.1 Å². The molecule has 0 bridgehead atoms. The molecule has 82 valence electrons. The minimum Gasteiger partial charge on any atom is -0.341 e. The number of nitrogens with zero attached hydrogens (tertiary/aromatic N) is 1. The standard InChI is InChI=1S/C12H9Cl2NO/c13-11-4-1-5-12(14)10(11)7-15-6-2-3-9(15)8-16/h1-6,8H,7H2. The van der Waals surface area contributed by atoms with E-state index in [0.717, 1.165) is 11.8 Å². The third-order valence-electron chi connectivity index (χ3n) is 2.38. The highest BCUT2D eigenvalue weighted by Crippen LogP contribution is 2.25. The largest absolute Gasteiger partial charge is 0.341 e. The Morgan fingerprint density at radius 1 is 1.12 bits per heavy atom. The molecule has 1 heterocycles. The third kappa shape index (κ3) is 2.13. The first-order valence-corrected chi connectivity index (χ1v) is 5.51. The maximum atomic E-state index is 10.8. The quantitative estimate of drug-likeness (QED) is 0.766. The van der Waals surface area contributed by atoms with Crippen LogP contribution in [0.2, 0.25) is 10.0 Å². The zero-order valence-corrected chi connectivity index (χ0v) is 9.87. The van der Waals surface area contributed by atoms with Crippen molar-refractivity contribution in [3.63, 3.8) is 0 Å². The Balaban J connectivity index is 2.37. The highest BCUT2D eigenvalue weighted by molar-refractivity contribution is 6.35. The number of hydrogen-bond donors (Lipinski definition) is 0. The summed E-state index contributed by atoms with van der Waals surface area (Å²) in [5, 5.41) is 1.22. The van der Waals surface area contributed by atoms with Crippen LogP contribution in [0.25, 0.3) is 0 Å². The third-order valence-corrected chi connectivity index (χ3v) is 3.08. The van der Waals surface area contributed by atoms with Gasteiger partial charge in [-0.2, -0.15) is 0 Å². The lowest BCUT2D eigenvalue weighted by molar-refractivity contribution is 0.111. The summed E-state index contributed by atoms with van der Waals surface area (Å²) in [6.07, 6.45) is 2.63. The number of hydrogen-bond acceptors (Lipinski definition) is 1. The molecule has 16 heavy (non-hydrogen) atoms. The molecule has 0 atom stereocenters. The molecule has 0 spiro atoms. The lowest BCUT2D eigenvalue weighted by Crippen LogP contribution is -2.03. The zero-order valence-electron chi connectivity index (χ0n) is 8.36. The van der Waals surface area contributed by atoms with Crippen LogP contribution in [0, 0.1) is 0 Å². The molecule has 0 aliphatic rings. The van der Waals surface area contributed by atoms with Crippen LogP contribution in [0.5, 0.6) is 0 Å². The van der Waals surface area contributed by atoms with Gasteiger partial charge < -0.3 is 4.57 Å². The van der Waals surface area contributed by atoms with Crippen LogP contribution in [0.15, 0.2) is 36.5 Å². The zero-order chi connectivity index (χ0) is 11.5. The minimum absolute atomic E-state index is 0.500. The van der Waals surface area contributed by atoms with Crippen molar-refractivity contribution in [1.82, 2.24) is 4.57 Å². The molecule has 0 amide bonds. The van der Waals surface area contributed by atoms with E-state index in [-0.39, 0.29) is 0 Å². The normalized spacial score (nSPS) is 10.4. The Kier molecular flexibility index (Phi) is 3.32. The second-order valence-corrected chi connectivity index (χ2v) is 4.19. The van der Waals surface area contributed by atoms with Gasteiger partial charge in [-0.25, -0.2) is 0 Å². The van der Waals surface area contributed by atoms with Gasteiger partial charge in [0.2, 0.25) is 0 Å². The second kappa shape index (κ2) is 4.73. The number of rotatable bonds is 3. The monoisotopic (exact) mass is 253 g/mol. The van der Waals surface area contributed by atoms with Crippen LogP contribution in [0.4, 0.5) is 0 Å². The summed E-state index contributed by atoms with van der Waals surface area (Å²) in [6.45, 7) is 0.500. The Labute approximate surface area is 103 Å². The van der Waals surface area contributed by atoms with Gasteiger partial charge in [0, 0.05) is 21.8 Å². The molecule has 4 heteroatoms. The van der Waals surface area contributed by atoms with Crippen LogP contribution >= 0.6 is 23.2 Å². The number of carbonyl (C=O) groups excluding carboxylic acids is 1. The Hall–Kier alpha value is -1.25. The van der Waals surface area contributed by atoms with Crippen molar-refractivity contribution in [2.75, 3.05) is 0 Å². The van der Waals surface area contributed by atoms with Crippen molar-refractivity contribution in [1.29, 1.82) is 0 Å². The number of halogens is 2. The van der Waals surface area contributed by atoms with Gasteiger partial charge >= 0.3 is 0 Å². The van der Waals surface area contributed by atoms with Crippen molar-refractivity contribution in [2.45, 2.75) is 6.54 Å². The maximum Gasteiger partial charge on any atom is 0.166 e. The first-order valence-electron chi connectivity index (χ1n) is 4.75. The number of benzene rings is 1. The first-order chi connectivity index (χ1) is 7.72. The summed E-state index contributed by atoms with van der Waals surface area (Å²) < 4.78 is 1.81. The summed E-state index contributed by atoms with van der Waals surface area (Å²) in [5.41, 5.74) is 1.43. The summed E-state index contributed by atoms with van der Waals surface area (Å²) in [7, 11) is 0. The highest BCUT2D eigenvalue weighted by Gasteiger charge is 2.07. The molecule has 0 aliphatic heterocycles. The topological polar surface area (TPSA) is 22.0 Å². The fourth-order valence-electron chi connectivity index (χ4n) is 1.53. The molecular weight excluding hydrogens is 245 g/mol. The van der Waals surface area contributed by atoms with Gasteiger partial charge in [0.15, 0.2) is 6.29 Å². The van der Waals surface area contributed by atoms with Crippen molar-refractivity contribution >= 4 is 29.5 Å². The van der Waals surface area contributed by atoms with E-state index in [2.05, 4.69) is 0 Å². The van der Waals surface area contributed by atoms with Crippen molar-refractivity contribution in [3.05, 3.63) is 57.8 Å². The summed E-state index contributed by atoms with van der Waals surface area (Å²) in [6, 6.07) is 8.93. The summed E-state index contributed by atoms with van der Waals surface area (Å²) >= 11 is 12.1. The molecule has 0 N–H and O–H groups in total. The van der Waals surface area contributed by atoms with E-state index in [9.17, 15) is 4.79 Å². The molecule has 0 aliphatic carbocycles. The lowest BCUT2D eigenvalue weighted by Gasteiger charge is -2.09. The molecular formula is C12H9Cl2NO. The Bertz CT molecular complexity index is 499. The van der Waals surface area contributed by atoms with Crippen LogP contribution in [-0.4, -0.2) is 10.9 Å². The fourth-order valence-corrected chi connectivity index (χ4v) is 2.05. The molecule has 2 aromatic rings. The smallest absolute Gasteiger partial charge is 0.166 e. The minimum atomic E-state index is 0.500. The Morgan fingerprint density at radius 2 is 1.81 bits per heavy atom. The van der Waals surface area contributed by atoms with Gasteiger partial charge in [-0.05, 0) is 24.3 Å². The van der Waals surface area contributed by atoms with E-state index in [1.807, 2.05) is 12.3 Å². The van der Waals surface area contributed by atoms with Gasteiger partial charge in [0.25, 0.3) is 0 Å². The van der Waals surface area contributed by atoms with Gasteiger partial charge in [0.05, 0.1) is 12.2 Å². The fraction of sp³-hybridized carbons (Fsp3) is 0.0833. The number of aldehydes is 1. The molecule has 1 aromatic carbocycles. The van der Waals surface area contributed by atoms with Crippen LogP contribution in [-0.2, 0) is 6.54 Å². The second-order valence-electron chi connectivity index (χ2n) is 3.38. The average molecular weight is 254 g/mol. The molecule has 2 rings (SSSR count). The van der Waals surface area contributed by atoms with Crippen LogP contribution in [0.3, 0.4) is 0 Å². The van der Waals surface area contributed by atoms with E-state index in [4.69, 9.17) is 23.2 Å². The molecule has 2 nitrogen and oxygen atoms in total. The first kappa shape index (κ1) is 11.2. The number of carbonyl (C=O) groups is 1. The van der Waals surface area contributed by atoms with E-state index in [1.165, 1.54) is 0 Å². The lowest BCUT2D eigenvalue weighted by atomic mass is 10.2. The molecule has 1 aromatic heterocycles. The number of aromatic nitrogens is 1. The summed E-state index contributed by atoms with van der Waals surface area (Å²) in [5.74, 6) is 0. The average Bonchev–Trinajstić information content (AvgIpc) is 2.71. The maximum absolute atomic E-state index is 10.8. The van der Waals surface area contributed by atoms with E-state index in [1.54, 1.807) is 28.8 Å². The van der Waals surface area contributed by atoms with Gasteiger partial charge in [0.1, 0.15) is 0 Å². The van der Waals surface area contributed by atoms with Gasteiger partial charge in [-0.3, -0.25) is 4.79 Å². The van der Waals surface area contributed by atoms with E-state index >= 15 is 0 Å². The van der Waals surface area contributed by atoms with E-state index in [0.29, 0.717) is 22.3 Å². The predicted molar refractivity (Wildman–Crippen MR) is 65.4 cm³/mol. The summed E-state index contributed by atoms with van der Waals surface area (Å²) in [4.78, 5) is 10.8. The van der Waals surface area contributed by atoms with Gasteiger partial charge in [-0.1, -0.05) is 29.3 Å². The van der Waals surface area contributed by atoms with Gasteiger partial charge in [-0.15, -0.1) is 0 Å². The van der Waals surface area contributed by atoms with Crippen molar-refractivity contribution < 1.29 is 4.79 Å². The molecule has 0 fully saturated rings. The predicted octanol–water partition coefficient (Wildman–Crippen LogP) is 3.66. The van der Waals surface area contributed by atoms with Crippen LogP contribution < -0.4 is 0 Å². The molecule has 0 saturated carbocycles. The van der Waals surface area contributed by atoms with E-state index < -0.39 is 0 Å². The molecule has 0 radical (unpaired) electrons. The van der Waals surface area contributed by atoms with Crippen molar-refractivity contribution in [3.8, 4) is 0 Å². The van der Waals surface area contributed by atoms with Crippen molar-refractivity contribution in [2.24, 2.45) is 0 Å². The highest BCUT2D eigenvalue weighted by atomic mass is 35.5. The Morgan fingerprint density at radius 3 is 2.44 bits per heavy atom.